The third-order valence-corrected chi connectivity index (χ3v) is 5.22. The van der Waals surface area contributed by atoms with Crippen LogP contribution in [0.4, 0.5) is 16.2 Å². The molecule has 3 N–H and O–H groups in total. The minimum absolute atomic E-state index is 0.162. The van der Waals surface area contributed by atoms with Crippen molar-refractivity contribution in [2.24, 2.45) is 4.99 Å². The zero-order valence-electron chi connectivity index (χ0n) is 20.2. The van der Waals surface area contributed by atoms with Gasteiger partial charge in [0.2, 0.25) is 11.8 Å². The molecule has 0 fully saturated rings. The number of hydrogen-bond donors (Lipinski definition) is 3. The summed E-state index contributed by atoms with van der Waals surface area (Å²) in [6, 6.07) is 26.1. The molecule has 194 valence electrons. The Hall–Kier alpha value is -5.39. The third kappa shape index (κ3) is 6.23. The number of guanidine groups is 1. The molecule has 0 radical (unpaired) electrons. The highest BCUT2D eigenvalue weighted by Gasteiger charge is 2.39. The molecular weight excluding hydrogens is 492 g/mol. The molecule has 12 heteroatoms. The fraction of sp³-hybridized carbons (Fsp3) is 0.115. The molecule has 0 saturated carbocycles. The number of anilines is 2. The molecule has 0 aliphatic carbocycles. The van der Waals surface area contributed by atoms with Gasteiger partial charge >= 0.3 is 11.8 Å². The second kappa shape index (κ2) is 12.0. The van der Waals surface area contributed by atoms with Crippen molar-refractivity contribution >= 4 is 29.3 Å². The lowest BCUT2D eigenvalue weighted by Gasteiger charge is -2.27. The zero-order chi connectivity index (χ0) is 26.9. The van der Waals surface area contributed by atoms with Crippen LogP contribution in [0.2, 0.25) is 0 Å². The number of amides is 2. The average molecular weight is 517 g/mol. The maximum Gasteiger partial charge on any atom is 0.421 e. The van der Waals surface area contributed by atoms with E-state index in [1.807, 2.05) is 6.07 Å². The van der Waals surface area contributed by atoms with Crippen molar-refractivity contribution in [1.82, 2.24) is 16.0 Å². The minimum Gasteiger partial charge on any atom is -0.484 e. The molecule has 38 heavy (non-hydrogen) atoms. The summed E-state index contributed by atoms with van der Waals surface area (Å²) in [7, 11) is 1.42. The van der Waals surface area contributed by atoms with Gasteiger partial charge in [0, 0.05) is 7.05 Å². The maximum absolute atomic E-state index is 13.4. The van der Waals surface area contributed by atoms with Gasteiger partial charge in [0.15, 0.2) is 6.61 Å². The highest BCUT2D eigenvalue weighted by molar-refractivity contribution is 5.99. The summed E-state index contributed by atoms with van der Waals surface area (Å²) in [6.45, 7) is -0.342. The van der Waals surface area contributed by atoms with E-state index in [2.05, 4.69) is 20.9 Å². The van der Waals surface area contributed by atoms with Gasteiger partial charge in [-0.3, -0.25) is 20.2 Å². The van der Waals surface area contributed by atoms with E-state index in [9.17, 15) is 19.7 Å². The monoisotopic (exact) mass is 516 g/mol. The molecule has 3 aromatic rings. The van der Waals surface area contributed by atoms with Crippen LogP contribution in [0.1, 0.15) is 0 Å². The molecule has 1 heterocycles. The summed E-state index contributed by atoms with van der Waals surface area (Å²) in [5, 5.41) is 19.6. The summed E-state index contributed by atoms with van der Waals surface area (Å²) in [4.78, 5) is 42.4. The average Bonchev–Trinajstić information content (AvgIpc) is 2.93. The Balaban J connectivity index is 1.55. The van der Waals surface area contributed by atoms with Crippen LogP contribution in [-0.4, -0.2) is 42.8 Å². The summed E-state index contributed by atoms with van der Waals surface area (Å²) in [6.07, 6.45) is -2.48. The standard InChI is InChI=1S/C26H24N6O6/c1-27-23-22(32(35)36)24(30-25(29-23)28-21(33)17-37-20-15-9-4-10-16-20)38-26(34)31(18-11-5-2-6-12-18)19-13-7-3-8-14-19/h2-16,24,27H,17H2,1H3,(H2,28,29,30,33). The summed E-state index contributed by atoms with van der Waals surface area (Å²) >= 11 is 0. The number of carbonyl (C=O) groups is 2. The second-order valence-electron chi connectivity index (χ2n) is 7.77. The normalized spacial score (nSPS) is 14.4. The lowest BCUT2D eigenvalue weighted by atomic mass is 10.2. The van der Waals surface area contributed by atoms with Gasteiger partial charge < -0.3 is 20.1 Å². The lowest BCUT2D eigenvalue weighted by Crippen LogP contribution is -2.53. The molecule has 0 spiro atoms. The number of benzene rings is 3. The van der Waals surface area contributed by atoms with Crippen LogP contribution in [0.15, 0.2) is 108 Å². The van der Waals surface area contributed by atoms with Crippen LogP contribution < -0.4 is 25.6 Å². The maximum atomic E-state index is 13.4. The summed E-state index contributed by atoms with van der Waals surface area (Å²) in [5.41, 5.74) is 0.431. The Bertz CT molecular complexity index is 1310. The first-order valence-electron chi connectivity index (χ1n) is 11.5. The van der Waals surface area contributed by atoms with Gasteiger partial charge in [0.25, 0.3) is 12.1 Å². The van der Waals surface area contributed by atoms with E-state index in [0.717, 1.165) is 0 Å². The molecule has 1 unspecified atom stereocenters. The van der Waals surface area contributed by atoms with E-state index in [0.29, 0.717) is 17.1 Å². The Morgan fingerprint density at radius 1 is 0.974 bits per heavy atom. The molecule has 0 aromatic heterocycles. The van der Waals surface area contributed by atoms with Crippen molar-refractivity contribution in [3.8, 4) is 5.75 Å². The van der Waals surface area contributed by atoms with E-state index < -0.39 is 28.8 Å². The fourth-order valence-corrected chi connectivity index (χ4v) is 3.53. The van der Waals surface area contributed by atoms with Gasteiger partial charge in [-0.2, -0.15) is 4.99 Å². The number of aliphatic imine (C=N–C) groups is 1. The number of nitro groups is 1. The Labute approximate surface area is 217 Å². The van der Waals surface area contributed by atoms with E-state index in [1.54, 1.807) is 84.9 Å². The Morgan fingerprint density at radius 2 is 1.53 bits per heavy atom. The first-order valence-corrected chi connectivity index (χ1v) is 11.5. The van der Waals surface area contributed by atoms with Crippen molar-refractivity contribution in [3.63, 3.8) is 0 Å². The smallest absolute Gasteiger partial charge is 0.421 e. The first-order chi connectivity index (χ1) is 18.5. The van der Waals surface area contributed by atoms with Crippen LogP contribution in [0.3, 0.4) is 0 Å². The summed E-state index contributed by atoms with van der Waals surface area (Å²) < 4.78 is 11.0. The van der Waals surface area contributed by atoms with Crippen LogP contribution >= 0.6 is 0 Å². The van der Waals surface area contributed by atoms with E-state index in [-0.39, 0.29) is 18.4 Å². The Kier molecular flexibility index (Phi) is 8.14. The van der Waals surface area contributed by atoms with Gasteiger partial charge in [-0.15, -0.1) is 0 Å². The first kappa shape index (κ1) is 25.7. The number of carbonyl (C=O) groups excluding carboxylic acids is 2. The predicted molar refractivity (Wildman–Crippen MR) is 139 cm³/mol. The van der Waals surface area contributed by atoms with Crippen molar-refractivity contribution in [2.45, 2.75) is 6.23 Å². The van der Waals surface area contributed by atoms with Crippen LogP contribution in [0.25, 0.3) is 0 Å². The number of rotatable bonds is 8. The van der Waals surface area contributed by atoms with Crippen molar-refractivity contribution < 1.29 is 24.0 Å². The van der Waals surface area contributed by atoms with Gasteiger partial charge in [-0.25, -0.2) is 9.69 Å². The molecule has 1 aliphatic heterocycles. The molecular formula is C26H24N6O6. The van der Waals surface area contributed by atoms with Crippen LogP contribution in [0.5, 0.6) is 5.75 Å². The SMILES string of the molecule is CNC1=C([N+](=O)[O-])C(OC(=O)N(c2ccccc2)c2ccccc2)NC(NC(=O)COc2ccccc2)=N1. The number of hydrogen-bond acceptors (Lipinski definition) is 9. The van der Waals surface area contributed by atoms with E-state index >= 15 is 0 Å². The molecule has 1 atom stereocenters. The number of nitrogens with one attached hydrogen (secondary N) is 3. The zero-order valence-corrected chi connectivity index (χ0v) is 20.2. The molecule has 0 saturated heterocycles. The third-order valence-electron chi connectivity index (χ3n) is 5.22. The van der Waals surface area contributed by atoms with E-state index in [4.69, 9.17) is 9.47 Å². The fourth-order valence-electron chi connectivity index (χ4n) is 3.53. The summed E-state index contributed by atoms with van der Waals surface area (Å²) in [5.74, 6) is -0.455. The number of ether oxygens (including phenoxy) is 2. The molecule has 0 bridgehead atoms. The molecule has 12 nitrogen and oxygen atoms in total. The second-order valence-corrected chi connectivity index (χ2v) is 7.77. The van der Waals surface area contributed by atoms with Crippen LogP contribution in [0, 0.1) is 10.1 Å². The number of para-hydroxylation sites is 3. The molecule has 1 aliphatic rings. The molecule has 2 amide bonds. The number of nitrogens with zero attached hydrogens (tertiary/aromatic N) is 3. The van der Waals surface area contributed by atoms with Crippen molar-refractivity contribution in [2.75, 3.05) is 18.6 Å². The Morgan fingerprint density at radius 3 is 2.05 bits per heavy atom. The predicted octanol–water partition coefficient (Wildman–Crippen LogP) is 3.11. The van der Waals surface area contributed by atoms with Gasteiger partial charge in [0.1, 0.15) is 5.75 Å². The highest BCUT2D eigenvalue weighted by Crippen LogP contribution is 2.27. The van der Waals surface area contributed by atoms with Crippen molar-refractivity contribution in [1.29, 1.82) is 0 Å². The lowest BCUT2D eigenvalue weighted by molar-refractivity contribution is -0.438. The topological polar surface area (TPSA) is 147 Å². The molecule has 3 aromatic carbocycles. The largest absolute Gasteiger partial charge is 0.484 e. The van der Waals surface area contributed by atoms with Crippen LogP contribution in [-0.2, 0) is 9.53 Å². The highest BCUT2D eigenvalue weighted by atomic mass is 16.6. The molecule has 4 rings (SSSR count). The van der Waals surface area contributed by atoms with Gasteiger partial charge in [0.05, 0.1) is 16.3 Å². The van der Waals surface area contributed by atoms with Crippen molar-refractivity contribution in [3.05, 3.63) is 113 Å². The quantitative estimate of drug-likeness (QED) is 0.306. The van der Waals surface area contributed by atoms with Gasteiger partial charge in [-0.05, 0) is 36.4 Å². The van der Waals surface area contributed by atoms with E-state index in [1.165, 1.54) is 11.9 Å². The van der Waals surface area contributed by atoms with Gasteiger partial charge in [-0.1, -0.05) is 54.6 Å². The minimum atomic E-state index is -1.59.